The molecule has 0 unspecified atom stereocenters. The van der Waals surface area contributed by atoms with Crippen molar-refractivity contribution in [3.63, 3.8) is 0 Å². The summed E-state index contributed by atoms with van der Waals surface area (Å²) in [6.45, 7) is 7.15. The van der Waals surface area contributed by atoms with Crippen molar-refractivity contribution in [2.45, 2.75) is 27.3 Å². The molecule has 1 N–H and O–H groups in total. The van der Waals surface area contributed by atoms with Gasteiger partial charge in [-0.2, -0.15) is 5.10 Å². The Balaban J connectivity index is 1.91. The molecule has 1 aromatic heterocycles. The van der Waals surface area contributed by atoms with Crippen LogP contribution in [0.5, 0.6) is 0 Å². The summed E-state index contributed by atoms with van der Waals surface area (Å²) in [6.07, 6.45) is 1.99. The first-order chi connectivity index (χ1) is 10.3. The third kappa shape index (κ3) is 4.18. The van der Waals surface area contributed by atoms with Crippen molar-refractivity contribution in [1.82, 2.24) is 14.7 Å². The van der Waals surface area contributed by atoms with E-state index in [9.17, 15) is 4.79 Å². The van der Waals surface area contributed by atoms with Gasteiger partial charge in [-0.1, -0.05) is 6.07 Å². The van der Waals surface area contributed by atoms with E-state index in [2.05, 4.69) is 17.3 Å². The van der Waals surface area contributed by atoms with Crippen LogP contribution in [0.15, 0.2) is 24.4 Å². The van der Waals surface area contributed by atoms with Crippen molar-refractivity contribution in [3.8, 4) is 0 Å². The summed E-state index contributed by atoms with van der Waals surface area (Å²) in [5.74, 6) is -0.00713. The monoisotopic (exact) mass is 300 g/mol. The minimum Gasteiger partial charge on any atom is -0.325 e. The number of hydrogen-bond acceptors (Lipinski definition) is 3. The Morgan fingerprint density at radius 1 is 1.27 bits per heavy atom. The van der Waals surface area contributed by atoms with Crippen LogP contribution < -0.4 is 5.32 Å². The molecule has 1 aromatic carbocycles. The van der Waals surface area contributed by atoms with Gasteiger partial charge in [-0.05, 0) is 51.1 Å². The van der Waals surface area contributed by atoms with Crippen molar-refractivity contribution in [2.24, 2.45) is 7.05 Å². The molecule has 0 radical (unpaired) electrons. The first-order valence-electron chi connectivity index (χ1n) is 7.40. The first kappa shape index (κ1) is 16.2. The maximum Gasteiger partial charge on any atom is 0.238 e. The molecule has 0 aliphatic rings. The van der Waals surface area contributed by atoms with Crippen LogP contribution in [-0.2, 0) is 18.4 Å². The van der Waals surface area contributed by atoms with Crippen LogP contribution in [0, 0.1) is 20.8 Å². The lowest BCUT2D eigenvalue weighted by Gasteiger charge is -2.16. The summed E-state index contributed by atoms with van der Waals surface area (Å²) in [4.78, 5) is 14.1. The smallest absolute Gasteiger partial charge is 0.238 e. The van der Waals surface area contributed by atoms with Gasteiger partial charge in [-0.3, -0.25) is 14.4 Å². The van der Waals surface area contributed by atoms with Gasteiger partial charge >= 0.3 is 0 Å². The average Bonchev–Trinajstić information content (AvgIpc) is 2.72. The van der Waals surface area contributed by atoms with Gasteiger partial charge in [0.2, 0.25) is 5.91 Å². The van der Waals surface area contributed by atoms with Crippen molar-refractivity contribution < 1.29 is 4.79 Å². The normalized spacial score (nSPS) is 11.0. The highest BCUT2D eigenvalue weighted by Crippen LogP contribution is 2.14. The van der Waals surface area contributed by atoms with Gasteiger partial charge in [-0.25, -0.2) is 0 Å². The molecule has 0 saturated heterocycles. The second kappa shape index (κ2) is 6.75. The van der Waals surface area contributed by atoms with Gasteiger partial charge in [-0.15, -0.1) is 0 Å². The van der Waals surface area contributed by atoms with Gasteiger partial charge in [0.25, 0.3) is 0 Å². The van der Waals surface area contributed by atoms with E-state index in [0.717, 1.165) is 16.9 Å². The number of carbonyl (C=O) groups excluding carboxylic acids is 1. The predicted molar refractivity (Wildman–Crippen MR) is 88.8 cm³/mol. The van der Waals surface area contributed by atoms with Crippen LogP contribution in [0.25, 0.3) is 0 Å². The van der Waals surface area contributed by atoms with Gasteiger partial charge in [0.05, 0.1) is 12.2 Å². The minimum atomic E-state index is -0.00713. The lowest BCUT2D eigenvalue weighted by Crippen LogP contribution is -2.30. The van der Waals surface area contributed by atoms with E-state index >= 15 is 0 Å². The molecule has 0 bridgehead atoms. The molecular weight excluding hydrogens is 276 g/mol. The Kier molecular flexibility index (Phi) is 4.98. The molecule has 0 fully saturated rings. The Hall–Kier alpha value is -2.14. The summed E-state index contributed by atoms with van der Waals surface area (Å²) in [5, 5.41) is 7.26. The number of likely N-dealkylation sites (N-methyl/N-ethyl adjacent to an activating group) is 1. The lowest BCUT2D eigenvalue weighted by atomic mass is 10.1. The third-order valence-corrected chi connectivity index (χ3v) is 3.76. The largest absolute Gasteiger partial charge is 0.325 e. The molecule has 2 rings (SSSR count). The van der Waals surface area contributed by atoms with Crippen molar-refractivity contribution in [2.75, 3.05) is 18.9 Å². The summed E-state index contributed by atoms with van der Waals surface area (Å²) in [5.41, 5.74) is 5.39. The summed E-state index contributed by atoms with van der Waals surface area (Å²) >= 11 is 0. The van der Waals surface area contributed by atoms with E-state index in [1.165, 1.54) is 11.1 Å². The quantitative estimate of drug-likeness (QED) is 0.922. The molecule has 22 heavy (non-hydrogen) atoms. The number of amides is 1. The number of nitrogens with one attached hydrogen (secondary N) is 1. The number of aryl methyl sites for hydroxylation is 4. The molecule has 0 aliphatic carbocycles. The van der Waals surface area contributed by atoms with Crippen LogP contribution in [0.1, 0.15) is 22.4 Å². The highest BCUT2D eigenvalue weighted by atomic mass is 16.2. The number of rotatable bonds is 5. The number of aromatic nitrogens is 2. The molecule has 0 spiro atoms. The molecule has 0 saturated carbocycles. The van der Waals surface area contributed by atoms with Gasteiger partial charge in [0.1, 0.15) is 0 Å². The van der Waals surface area contributed by atoms with Crippen molar-refractivity contribution in [3.05, 3.63) is 46.8 Å². The summed E-state index contributed by atoms with van der Waals surface area (Å²) in [7, 11) is 3.84. The molecule has 5 nitrogen and oxygen atoms in total. The van der Waals surface area contributed by atoms with Crippen LogP contribution in [0.4, 0.5) is 5.69 Å². The van der Waals surface area contributed by atoms with Crippen molar-refractivity contribution >= 4 is 11.6 Å². The Labute approximate surface area is 131 Å². The minimum absolute atomic E-state index is 0.00713. The van der Waals surface area contributed by atoms with Crippen LogP contribution in [0.3, 0.4) is 0 Å². The van der Waals surface area contributed by atoms with Crippen LogP contribution in [-0.4, -0.2) is 34.2 Å². The molecule has 1 heterocycles. The first-order valence-corrected chi connectivity index (χ1v) is 7.40. The second-order valence-electron chi connectivity index (χ2n) is 5.93. The number of hydrogen-bond donors (Lipinski definition) is 1. The van der Waals surface area contributed by atoms with E-state index in [-0.39, 0.29) is 5.91 Å². The number of carbonyl (C=O) groups is 1. The van der Waals surface area contributed by atoms with E-state index < -0.39 is 0 Å². The lowest BCUT2D eigenvalue weighted by molar-refractivity contribution is -0.117. The Bertz CT molecular complexity index is 675. The number of nitrogens with zero attached hydrogens (tertiary/aromatic N) is 3. The molecular formula is C17H24N4O. The van der Waals surface area contributed by atoms with Crippen molar-refractivity contribution in [1.29, 1.82) is 0 Å². The summed E-state index contributed by atoms with van der Waals surface area (Å²) < 4.78 is 1.80. The number of anilines is 1. The van der Waals surface area contributed by atoms with E-state index in [0.29, 0.717) is 13.1 Å². The van der Waals surface area contributed by atoms with Gasteiger partial charge in [0.15, 0.2) is 0 Å². The van der Waals surface area contributed by atoms with E-state index in [1.54, 1.807) is 4.68 Å². The van der Waals surface area contributed by atoms with E-state index in [1.807, 2.05) is 57.2 Å². The SMILES string of the molecule is Cc1ccc(NC(=O)CN(C)Cc2cn(C)nc2C)cc1C. The van der Waals surface area contributed by atoms with Crippen LogP contribution in [0.2, 0.25) is 0 Å². The third-order valence-electron chi connectivity index (χ3n) is 3.76. The van der Waals surface area contributed by atoms with Gasteiger partial charge < -0.3 is 5.32 Å². The van der Waals surface area contributed by atoms with E-state index in [4.69, 9.17) is 0 Å². The molecule has 0 atom stereocenters. The molecule has 118 valence electrons. The van der Waals surface area contributed by atoms with Crippen LogP contribution >= 0.6 is 0 Å². The molecule has 2 aromatic rings. The zero-order valence-corrected chi connectivity index (χ0v) is 14.0. The highest BCUT2D eigenvalue weighted by molar-refractivity contribution is 5.92. The zero-order valence-electron chi connectivity index (χ0n) is 14.0. The Morgan fingerprint density at radius 2 is 2.00 bits per heavy atom. The standard InChI is InChI=1S/C17H24N4O/c1-12-6-7-16(8-13(12)2)18-17(22)11-20(4)9-15-10-21(5)19-14(15)3/h6-8,10H,9,11H2,1-5H3,(H,18,22). The average molecular weight is 300 g/mol. The fraction of sp³-hybridized carbons (Fsp3) is 0.412. The topological polar surface area (TPSA) is 50.2 Å². The highest BCUT2D eigenvalue weighted by Gasteiger charge is 2.11. The molecule has 5 heteroatoms. The molecule has 0 aliphatic heterocycles. The maximum absolute atomic E-state index is 12.1. The Morgan fingerprint density at radius 3 is 2.59 bits per heavy atom. The zero-order chi connectivity index (χ0) is 16.3. The molecule has 1 amide bonds. The number of benzene rings is 1. The fourth-order valence-electron chi connectivity index (χ4n) is 2.42. The summed E-state index contributed by atoms with van der Waals surface area (Å²) in [6, 6.07) is 5.96. The van der Waals surface area contributed by atoms with Gasteiger partial charge in [0, 0.05) is 31.0 Å². The predicted octanol–water partition coefficient (Wildman–Crippen LogP) is 2.42. The second-order valence-corrected chi connectivity index (χ2v) is 5.93. The maximum atomic E-state index is 12.1. The fourth-order valence-corrected chi connectivity index (χ4v) is 2.42.